The highest BCUT2D eigenvalue weighted by molar-refractivity contribution is 7.14. The maximum atomic E-state index is 13.8. The molecule has 0 aliphatic carbocycles. The first-order chi connectivity index (χ1) is 11.5. The summed E-state index contributed by atoms with van der Waals surface area (Å²) in [5.74, 6) is -1.27. The number of thiazole rings is 1. The summed E-state index contributed by atoms with van der Waals surface area (Å²) in [4.78, 5) is 16.7. The minimum Gasteiger partial charge on any atom is -0.298 e. The summed E-state index contributed by atoms with van der Waals surface area (Å²) in [6, 6.07) is 10.2. The lowest BCUT2D eigenvalue weighted by molar-refractivity contribution is 0.102. The second-order valence-corrected chi connectivity index (χ2v) is 6.67. The van der Waals surface area contributed by atoms with Crippen LogP contribution in [0.1, 0.15) is 21.5 Å². The van der Waals surface area contributed by atoms with E-state index in [1.807, 2.05) is 31.4 Å². The number of benzene rings is 2. The average molecular weight is 361 g/mol. The standard InChI is InChI=1S/C18H14ClFN2OS/c1-10-6-7-12(11(2)8-10)15-9-24-18(21-15)22-17(23)16-13(19)4-3-5-14(16)20/h3-9H,1-2H3,(H,21,22,23). The van der Waals surface area contributed by atoms with Gasteiger partial charge in [0.2, 0.25) is 0 Å². The van der Waals surface area contributed by atoms with Crippen molar-refractivity contribution in [2.24, 2.45) is 0 Å². The summed E-state index contributed by atoms with van der Waals surface area (Å²) >= 11 is 7.19. The van der Waals surface area contributed by atoms with Gasteiger partial charge in [0.1, 0.15) is 5.82 Å². The molecule has 3 aromatic rings. The number of rotatable bonds is 3. The van der Waals surface area contributed by atoms with Crippen LogP contribution in [0.3, 0.4) is 0 Å². The van der Waals surface area contributed by atoms with Crippen molar-refractivity contribution in [1.82, 2.24) is 4.98 Å². The van der Waals surface area contributed by atoms with E-state index in [0.29, 0.717) is 5.13 Å². The monoisotopic (exact) mass is 360 g/mol. The summed E-state index contributed by atoms with van der Waals surface area (Å²) in [7, 11) is 0. The summed E-state index contributed by atoms with van der Waals surface area (Å²) in [5, 5.41) is 4.93. The molecule has 0 bridgehead atoms. The average Bonchev–Trinajstić information content (AvgIpc) is 2.95. The fraction of sp³-hybridized carbons (Fsp3) is 0.111. The number of carbonyl (C=O) groups excluding carboxylic acids is 1. The number of hydrogen-bond acceptors (Lipinski definition) is 3. The van der Waals surface area contributed by atoms with Gasteiger partial charge in [0, 0.05) is 10.9 Å². The Labute approximate surface area is 148 Å². The first kappa shape index (κ1) is 16.6. The Hall–Kier alpha value is -2.24. The van der Waals surface area contributed by atoms with Gasteiger partial charge in [0.25, 0.3) is 5.91 Å². The molecule has 1 aromatic heterocycles. The summed E-state index contributed by atoms with van der Waals surface area (Å²) in [6.07, 6.45) is 0. The zero-order chi connectivity index (χ0) is 17.3. The highest BCUT2D eigenvalue weighted by Gasteiger charge is 2.17. The van der Waals surface area contributed by atoms with Crippen LogP contribution in [-0.4, -0.2) is 10.9 Å². The molecule has 24 heavy (non-hydrogen) atoms. The molecule has 0 unspecified atom stereocenters. The van der Waals surface area contributed by atoms with Crippen LogP contribution in [0.25, 0.3) is 11.3 Å². The van der Waals surface area contributed by atoms with Crippen LogP contribution < -0.4 is 5.32 Å². The van der Waals surface area contributed by atoms with Crippen molar-refractivity contribution in [1.29, 1.82) is 0 Å². The zero-order valence-corrected chi connectivity index (χ0v) is 14.6. The molecule has 0 saturated carbocycles. The zero-order valence-electron chi connectivity index (χ0n) is 13.1. The first-order valence-electron chi connectivity index (χ1n) is 7.24. The van der Waals surface area contributed by atoms with Crippen LogP contribution in [0, 0.1) is 19.7 Å². The van der Waals surface area contributed by atoms with Crippen LogP contribution in [0.4, 0.5) is 9.52 Å². The molecule has 3 nitrogen and oxygen atoms in total. The number of hydrogen-bond donors (Lipinski definition) is 1. The Bertz CT molecular complexity index is 903. The third kappa shape index (κ3) is 3.32. The van der Waals surface area contributed by atoms with E-state index in [1.165, 1.54) is 35.1 Å². The van der Waals surface area contributed by atoms with Crippen molar-refractivity contribution >= 4 is 34.0 Å². The number of nitrogens with one attached hydrogen (secondary N) is 1. The molecule has 0 saturated heterocycles. The first-order valence-corrected chi connectivity index (χ1v) is 8.50. The maximum Gasteiger partial charge on any atom is 0.261 e. The van der Waals surface area contributed by atoms with Gasteiger partial charge in [-0.25, -0.2) is 9.37 Å². The van der Waals surface area contributed by atoms with E-state index in [0.717, 1.165) is 16.8 Å². The largest absolute Gasteiger partial charge is 0.298 e. The Morgan fingerprint density at radius 3 is 2.75 bits per heavy atom. The molecule has 0 spiro atoms. The summed E-state index contributed by atoms with van der Waals surface area (Å²) in [5.41, 5.74) is 3.88. The highest BCUT2D eigenvalue weighted by Crippen LogP contribution is 2.29. The molecule has 6 heteroatoms. The van der Waals surface area contributed by atoms with Gasteiger partial charge in [-0.2, -0.15) is 0 Å². The molecule has 3 rings (SSSR count). The van der Waals surface area contributed by atoms with Crippen molar-refractivity contribution < 1.29 is 9.18 Å². The lowest BCUT2D eigenvalue weighted by Gasteiger charge is -2.05. The van der Waals surface area contributed by atoms with Crippen LogP contribution in [0.15, 0.2) is 41.8 Å². The summed E-state index contributed by atoms with van der Waals surface area (Å²) in [6.45, 7) is 4.04. The molecule has 1 heterocycles. The molecule has 1 amide bonds. The van der Waals surface area contributed by atoms with E-state index < -0.39 is 11.7 Å². The molecular formula is C18H14ClFN2OS. The normalized spacial score (nSPS) is 10.7. The quantitative estimate of drug-likeness (QED) is 0.672. The molecule has 0 aliphatic rings. The summed E-state index contributed by atoms with van der Waals surface area (Å²) < 4.78 is 13.8. The van der Waals surface area contributed by atoms with Gasteiger partial charge in [-0.3, -0.25) is 10.1 Å². The second-order valence-electron chi connectivity index (χ2n) is 5.41. The molecule has 0 fully saturated rings. The van der Waals surface area contributed by atoms with Crippen molar-refractivity contribution in [3.05, 3.63) is 69.3 Å². The topological polar surface area (TPSA) is 42.0 Å². The van der Waals surface area contributed by atoms with Gasteiger partial charge in [-0.15, -0.1) is 11.3 Å². The van der Waals surface area contributed by atoms with Crippen LogP contribution in [0.5, 0.6) is 0 Å². The number of aryl methyl sites for hydroxylation is 2. The highest BCUT2D eigenvalue weighted by atomic mass is 35.5. The van der Waals surface area contributed by atoms with Gasteiger partial charge in [-0.1, -0.05) is 41.4 Å². The number of amides is 1. The predicted octanol–water partition coefficient (Wildman–Crippen LogP) is 5.47. The van der Waals surface area contributed by atoms with Crippen LogP contribution in [-0.2, 0) is 0 Å². The number of carbonyl (C=O) groups is 1. The van der Waals surface area contributed by atoms with Crippen molar-refractivity contribution in [2.45, 2.75) is 13.8 Å². The number of halogens is 2. The molecular weight excluding hydrogens is 347 g/mol. The third-order valence-corrected chi connectivity index (χ3v) is 4.65. The van der Waals surface area contributed by atoms with Gasteiger partial charge < -0.3 is 0 Å². The molecule has 0 aliphatic heterocycles. The van der Waals surface area contributed by atoms with Crippen molar-refractivity contribution in [2.75, 3.05) is 5.32 Å². The van der Waals surface area contributed by atoms with E-state index in [9.17, 15) is 9.18 Å². The maximum absolute atomic E-state index is 13.8. The molecule has 0 radical (unpaired) electrons. The SMILES string of the molecule is Cc1ccc(-c2csc(NC(=O)c3c(F)cccc3Cl)n2)c(C)c1. The minimum atomic E-state index is -0.661. The lowest BCUT2D eigenvalue weighted by Crippen LogP contribution is -2.14. The van der Waals surface area contributed by atoms with Crippen molar-refractivity contribution in [3.8, 4) is 11.3 Å². The van der Waals surface area contributed by atoms with E-state index >= 15 is 0 Å². The molecule has 2 aromatic carbocycles. The molecule has 0 atom stereocenters. The van der Waals surface area contributed by atoms with Gasteiger partial charge >= 0.3 is 0 Å². The fourth-order valence-corrected chi connectivity index (χ4v) is 3.38. The smallest absolute Gasteiger partial charge is 0.261 e. The van der Waals surface area contributed by atoms with Gasteiger partial charge in [-0.05, 0) is 31.5 Å². The molecule has 122 valence electrons. The van der Waals surface area contributed by atoms with Gasteiger partial charge in [0.15, 0.2) is 5.13 Å². The predicted molar refractivity (Wildman–Crippen MR) is 96.4 cm³/mol. The van der Waals surface area contributed by atoms with Crippen LogP contribution in [0.2, 0.25) is 5.02 Å². The number of aromatic nitrogens is 1. The number of anilines is 1. The Balaban J connectivity index is 1.85. The van der Waals surface area contributed by atoms with E-state index in [1.54, 1.807) is 0 Å². The Kier molecular flexibility index (Phi) is 4.64. The third-order valence-electron chi connectivity index (χ3n) is 3.57. The second kappa shape index (κ2) is 6.71. The Morgan fingerprint density at radius 1 is 1.25 bits per heavy atom. The lowest BCUT2D eigenvalue weighted by atomic mass is 10.0. The van der Waals surface area contributed by atoms with Crippen molar-refractivity contribution in [3.63, 3.8) is 0 Å². The Morgan fingerprint density at radius 2 is 2.04 bits per heavy atom. The molecule has 1 N–H and O–H groups in total. The fourth-order valence-electron chi connectivity index (χ4n) is 2.43. The number of nitrogens with zero attached hydrogens (tertiary/aromatic N) is 1. The van der Waals surface area contributed by atoms with E-state index in [-0.39, 0.29) is 10.6 Å². The van der Waals surface area contributed by atoms with E-state index in [4.69, 9.17) is 11.6 Å². The van der Waals surface area contributed by atoms with Crippen LogP contribution >= 0.6 is 22.9 Å². The minimum absolute atomic E-state index is 0.0682. The van der Waals surface area contributed by atoms with E-state index in [2.05, 4.69) is 16.4 Å². The van der Waals surface area contributed by atoms with Gasteiger partial charge in [0.05, 0.1) is 16.3 Å².